The summed E-state index contributed by atoms with van der Waals surface area (Å²) in [6.45, 7) is 13.7. The Bertz CT molecular complexity index is 297. The zero-order valence-corrected chi connectivity index (χ0v) is 14.2. The van der Waals surface area contributed by atoms with Crippen LogP contribution in [0.5, 0.6) is 0 Å². The van der Waals surface area contributed by atoms with Gasteiger partial charge in [0.15, 0.2) is 0 Å². The van der Waals surface area contributed by atoms with E-state index in [4.69, 9.17) is 9.47 Å². The predicted octanol–water partition coefficient (Wildman–Crippen LogP) is 4.81. The van der Waals surface area contributed by atoms with Gasteiger partial charge in [-0.15, -0.1) is 0 Å². The molecule has 0 amide bonds. The molecule has 0 N–H and O–H groups in total. The first kappa shape index (κ1) is 16.3. The van der Waals surface area contributed by atoms with Crippen molar-refractivity contribution in [1.82, 2.24) is 0 Å². The highest BCUT2D eigenvalue weighted by molar-refractivity contribution is 4.84. The quantitative estimate of drug-likeness (QED) is 0.720. The van der Waals surface area contributed by atoms with Crippen LogP contribution >= 0.6 is 0 Å². The summed E-state index contributed by atoms with van der Waals surface area (Å²) in [6.07, 6.45) is 8.46. The van der Waals surface area contributed by atoms with E-state index in [0.717, 1.165) is 19.1 Å². The van der Waals surface area contributed by atoms with Crippen molar-refractivity contribution in [3.05, 3.63) is 0 Å². The molecule has 2 heterocycles. The molecule has 3 atom stereocenters. The fourth-order valence-corrected chi connectivity index (χ4v) is 4.03. The molecule has 2 aliphatic rings. The van der Waals surface area contributed by atoms with Gasteiger partial charge in [-0.3, -0.25) is 0 Å². The van der Waals surface area contributed by atoms with E-state index in [9.17, 15) is 0 Å². The highest BCUT2D eigenvalue weighted by atomic mass is 16.5. The molecule has 0 bridgehead atoms. The molecular weight excluding hydrogens is 248 g/mol. The predicted molar refractivity (Wildman–Crippen MR) is 83.9 cm³/mol. The van der Waals surface area contributed by atoms with Crippen molar-refractivity contribution in [2.24, 2.45) is 16.7 Å². The lowest BCUT2D eigenvalue weighted by Crippen LogP contribution is -2.23. The molecule has 0 spiro atoms. The minimum atomic E-state index is 0.382. The Labute approximate surface area is 125 Å². The maximum Gasteiger partial charge on any atom is 0.0583 e. The molecule has 2 aliphatic heterocycles. The minimum Gasteiger partial charge on any atom is -0.378 e. The lowest BCUT2D eigenvalue weighted by atomic mass is 9.77. The van der Waals surface area contributed by atoms with E-state index < -0.39 is 0 Å². The normalized spacial score (nSPS) is 31.9. The second-order valence-electron chi connectivity index (χ2n) is 9.03. The first-order valence-electron chi connectivity index (χ1n) is 8.47. The van der Waals surface area contributed by atoms with Gasteiger partial charge in [0.2, 0.25) is 0 Å². The van der Waals surface area contributed by atoms with Gasteiger partial charge in [0.1, 0.15) is 0 Å². The molecule has 0 radical (unpaired) electrons. The number of rotatable bonds is 5. The van der Waals surface area contributed by atoms with Crippen LogP contribution in [0, 0.1) is 16.7 Å². The summed E-state index contributed by atoms with van der Waals surface area (Å²) >= 11 is 0. The van der Waals surface area contributed by atoms with Crippen molar-refractivity contribution >= 4 is 0 Å². The molecule has 0 aromatic carbocycles. The van der Waals surface area contributed by atoms with Crippen molar-refractivity contribution in [3.8, 4) is 0 Å². The molecule has 1 unspecified atom stereocenters. The third-order valence-corrected chi connectivity index (χ3v) is 4.65. The highest BCUT2D eigenvalue weighted by Gasteiger charge is 2.34. The van der Waals surface area contributed by atoms with Crippen LogP contribution < -0.4 is 0 Å². The Morgan fingerprint density at radius 3 is 2.25 bits per heavy atom. The zero-order chi connectivity index (χ0) is 14.8. The SMILES string of the molecule is CC(C)(C)C[C@H]1CC(CC(C)(C)C[C@@H]2CCCO2)CO1. The molecule has 2 heteroatoms. The highest BCUT2D eigenvalue weighted by Crippen LogP contribution is 2.39. The number of hydrogen-bond donors (Lipinski definition) is 0. The van der Waals surface area contributed by atoms with Crippen LogP contribution in [-0.2, 0) is 9.47 Å². The summed E-state index contributed by atoms with van der Waals surface area (Å²) in [6, 6.07) is 0. The summed E-state index contributed by atoms with van der Waals surface area (Å²) in [7, 11) is 0. The molecule has 2 nitrogen and oxygen atoms in total. The Hall–Kier alpha value is -0.0800. The topological polar surface area (TPSA) is 18.5 Å². The van der Waals surface area contributed by atoms with Gasteiger partial charge in [-0.25, -0.2) is 0 Å². The van der Waals surface area contributed by atoms with E-state index in [1.807, 2.05) is 0 Å². The Morgan fingerprint density at radius 1 is 0.900 bits per heavy atom. The lowest BCUT2D eigenvalue weighted by Gasteiger charge is -2.30. The number of ether oxygens (including phenoxy) is 2. The maximum atomic E-state index is 6.03. The van der Waals surface area contributed by atoms with E-state index >= 15 is 0 Å². The second kappa shape index (κ2) is 6.36. The lowest BCUT2D eigenvalue weighted by molar-refractivity contribution is 0.0574. The van der Waals surface area contributed by atoms with Gasteiger partial charge >= 0.3 is 0 Å². The summed E-state index contributed by atoms with van der Waals surface area (Å²) < 4.78 is 11.8. The van der Waals surface area contributed by atoms with Crippen LogP contribution in [0.1, 0.15) is 73.1 Å². The average Bonchev–Trinajstić information content (AvgIpc) is 2.87. The van der Waals surface area contributed by atoms with Crippen LogP contribution in [0.15, 0.2) is 0 Å². The van der Waals surface area contributed by atoms with Crippen LogP contribution in [0.3, 0.4) is 0 Å². The molecule has 2 rings (SSSR count). The van der Waals surface area contributed by atoms with Crippen molar-refractivity contribution in [2.45, 2.75) is 85.4 Å². The van der Waals surface area contributed by atoms with Crippen LogP contribution in [0.2, 0.25) is 0 Å². The van der Waals surface area contributed by atoms with E-state index in [2.05, 4.69) is 34.6 Å². The molecule has 0 aromatic rings. The van der Waals surface area contributed by atoms with Gasteiger partial charge in [-0.05, 0) is 55.3 Å². The Kier molecular flexibility index (Phi) is 5.18. The third kappa shape index (κ3) is 5.37. The summed E-state index contributed by atoms with van der Waals surface area (Å²) in [5.74, 6) is 0.749. The summed E-state index contributed by atoms with van der Waals surface area (Å²) in [5.41, 5.74) is 0.770. The first-order valence-corrected chi connectivity index (χ1v) is 8.47. The molecule has 0 aromatic heterocycles. The van der Waals surface area contributed by atoms with Crippen LogP contribution in [-0.4, -0.2) is 25.4 Å². The molecule has 118 valence electrons. The standard InChI is InChI=1S/C18H34O2/c1-17(2,3)11-16-9-14(13-20-16)10-18(4,5)12-15-7-6-8-19-15/h14-16H,6-13H2,1-5H3/t14?,15-,16+/m0/s1. The molecule has 0 saturated carbocycles. The number of hydrogen-bond acceptors (Lipinski definition) is 2. The molecule has 2 fully saturated rings. The first-order chi connectivity index (χ1) is 9.23. The van der Waals surface area contributed by atoms with Gasteiger partial charge in [0.05, 0.1) is 12.2 Å². The van der Waals surface area contributed by atoms with Crippen molar-refractivity contribution < 1.29 is 9.47 Å². The minimum absolute atomic E-state index is 0.382. The largest absolute Gasteiger partial charge is 0.378 e. The Morgan fingerprint density at radius 2 is 1.65 bits per heavy atom. The van der Waals surface area contributed by atoms with Crippen LogP contribution in [0.4, 0.5) is 0 Å². The maximum absolute atomic E-state index is 6.03. The smallest absolute Gasteiger partial charge is 0.0583 e. The fraction of sp³-hybridized carbons (Fsp3) is 1.00. The molecule has 20 heavy (non-hydrogen) atoms. The van der Waals surface area contributed by atoms with Gasteiger partial charge < -0.3 is 9.47 Å². The van der Waals surface area contributed by atoms with Gasteiger partial charge in [-0.1, -0.05) is 34.6 Å². The summed E-state index contributed by atoms with van der Waals surface area (Å²) in [5, 5.41) is 0. The van der Waals surface area contributed by atoms with Gasteiger partial charge in [0.25, 0.3) is 0 Å². The van der Waals surface area contributed by atoms with E-state index in [-0.39, 0.29) is 0 Å². The monoisotopic (exact) mass is 282 g/mol. The molecule has 2 saturated heterocycles. The molecule has 0 aliphatic carbocycles. The van der Waals surface area contributed by atoms with Crippen molar-refractivity contribution in [3.63, 3.8) is 0 Å². The second-order valence-corrected chi connectivity index (χ2v) is 9.03. The van der Waals surface area contributed by atoms with Gasteiger partial charge in [0, 0.05) is 13.2 Å². The Balaban J connectivity index is 1.75. The van der Waals surface area contributed by atoms with E-state index in [1.54, 1.807) is 0 Å². The third-order valence-electron chi connectivity index (χ3n) is 4.65. The fourth-order valence-electron chi connectivity index (χ4n) is 4.03. The van der Waals surface area contributed by atoms with E-state index in [1.165, 1.54) is 38.5 Å². The van der Waals surface area contributed by atoms with E-state index in [0.29, 0.717) is 23.0 Å². The van der Waals surface area contributed by atoms with Crippen LogP contribution in [0.25, 0.3) is 0 Å². The van der Waals surface area contributed by atoms with Gasteiger partial charge in [-0.2, -0.15) is 0 Å². The average molecular weight is 282 g/mol. The van der Waals surface area contributed by atoms with Crippen molar-refractivity contribution in [1.29, 1.82) is 0 Å². The zero-order valence-electron chi connectivity index (χ0n) is 14.2. The van der Waals surface area contributed by atoms with Crippen molar-refractivity contribution in [2.75, 3.05) is 13.2 Å². The molecular formula is C18H34O2. The summed E-state index contributed by atoms with van der Waals surface area (Å²) in [4.78, 5) is 0.